The third-order valence-electron chi connectivity index (χ3n) is 2.69. The summed E-state index contributed by atoms with van der Waals surface area (Å²) in [6.45, 7) is 6.59. The molecule has 23 heavy (non-hydrogen) atoms. The maximum atomic E-state index is 11.6. The molecular weight excluding hydrogens is 362 g/mol. The van der Waals surface area contributed by atoms with Crippen molar-refractivity contribution in [3.63, 3.8) is 0 Å². The number of halogens is 1. The molecule has 0 aliphatic rings. The van der Waals surface area contributed by atoms with Gasteiger partial charge in [-0.05, 0) is 44.9 Å². The second-order valence-corrected chi connectivity index (χ2v) is 6.90. The van der Waals surface area contributed by atoms with Crippen LogP contribution in [0.25, 0.3) is 0 Å². The molecule has 0 radical (unpaired) electrons. The van der Waals surface area contributed by atoms with Crippen molar-refractivity contribution in [2.75, 3.05) is 19.6 Å². The van der Waals surface area contributed by atoms with Crippen molar-refractivity contribution in [3.8, 4) is 0 Å². The van der Waals surface area contributed by atoms with Gasteiger partial charge in [0.2, 0.25) is 0 Å². The molecular formula is C16H24BrN3O3. The number of rotatable bonds is 6. The van der Waals surface area contributed by atoms with Gasteiger partial charge in [0.1, 0.15) is 5.60 Å². The zero-order valence-corrected chi connectivity index (χ0v) is 15.3. The third-order valence-corrected chi connectivity index (χ3v) is 3.22. The van der Waals surface area contributed by atoms with E-state index in [9.17, 15) is 9.59 Å². The van der Waals surface area contributed by atoms with Gasteiger partial charge in [0.25, 0.3) is 0 Å². The molecule has 3 amide bonds. The maximum absolute atomic E-state index is 11.6. The molecule has 7 heteroatoms. The van der Waals surface area contributed by atoms with Gasteiger partial charge in [-0.25, -0.2) is 9.59 Å². The fraction of sp³-hybridized carbons (Fsp3) is 0.500. The lowest BCUT2D eigenvalue weighted by Crippen LogP contribution is -2.41. The molecule has 0 saturated carbocycles. The van der Waals surface area contributed by atoms with Crippen LogP contribution in [0.15, 0.2) is 28.7 Å². The van der Waals surface area contributed by atoms with Crippen LogP contribution in [0.2, 0.25) is 0 Å². The zero-order chi connectivity index (χ0) is 17.3. The van der Waals surface area contributed by atoms with Crippen molar-refractivity contribution in [2.24, 2.45) is 0 Å². The highest BCUT2D eigenvalue weighted by Crippen LogP contribution is 2.10. The molecule has 0 unspecified atom stereocenters. The summed E-state index contributed by atoms with van der Waals surface area (Å²) in [4.78, 5) is 23.0. The molecule has 1 aromatic rings. The van der Waals surface area contributed by atoms with Crippen molar-refractivity contribution in [3.05, 3.63) is 34.3 Å². The summed E-state index contributed by atoms with van der Waals surface area (Å²) in [5, 5.41) is 8.01. The Morgan fingerprint density at radius 1 is 1.00 bits per heavy atom. The van der Waals surface area contributed by atoms with Gasteiger partial charge >= 0.3 is 12.1 Å². The largest absolute Gasteiger partial charge is 0.444 e. The van der Waals surface area contributed by atoms with E-state index in [0.29, 0.717) is 19.6 Å². The van der Waals surface area contributed by atoms with Crippen LogP contribution in [0.5, 0.6) is 0 Å². The normalized spacial score (nSPS) is 10.8. The molecule has 0 fully saturated rings. The number of amides is 3. The summed E-state index contributed by atoms with van der Waals surface area (Å²) in [6, 6.07) is 7.70. The first-order chi connectivity index (χ1) is 10.8. The fourth-order valence-corrected chi connectivity index (χ4v) is 1.95. The summed E-state index contributed by atoms with van der Waals surface area (Å²) in [5.74, 6) is 0. The van der Waals surface area contributed by atoms with E-state index in [0.717, 1.165) is 16.5 Å². The summed E-state index contributed by atoms with van der Waals surface area (Å²) in [7, 11) is 0. The molecule has 1 aromatic carbocycles. The van der Waals surface area contributed by atoms with Crippen LogP contribution in [0.4, 0.5) is 9.59 Å². The highest BCUT2D eigenvalue weighted by Gasteiger charge is 2.15. The number of urea groups is 1. The second-order valence-electron chi connectivity index (χ2n) is 5.99. The number of alkyl carbamates (subject to hydrolysis) is 1. The minimum atomic E-state index is -0.526. The topological polar surface area (TPSA) is 79.5 Å². The van der Waals surface area contributed by atoms with Gasteiger partial charge in [-0.1, -0.05) is 28.1 Å². The monoisotopic (exact) mass is 385 g/mol. The Morgan fingerprint density at radius 3 is 2.17 bits per heavy atom. The van der Waals surface area contributed by atoms with E-state index < -0.39 is 11.7 Å². The molecule has 0 aromatic heterocycles. The van der Waals surface area contributed by atoms with Gasteiger partial charge in [0, 0.05) is 24.1 Å². The molecule has 0 bridgehead atoms. The van der Waals surface area contributed by atoms with E-state index in [1.807, 2.05) is 24.3 Å². The van der Waals surface area contributed by atoms with Gasteiger partial charge in [0.05, 0.1) is 0 Å². The predicted octanol–water partition coefficient (Wildman–Crippen LogP) is 2.82. The highest BCUT2D eigenvalue weighted by molar-refractivity contribution is 9.10. The first-order valence-electron chi connectivity index (χ1n) is 7.49. The van der Waals surface area contributed by atoms with Crippen LogP contribution in [0, 0.1) is 0 Å². The van der Waals surface area contributed by atoms with Gasteiger partial charge in [-0.15, -0.1) is 0 Å². The molecule has 0 heterocycles. The predicted molar refractivity (Wildman–Crippen MR) is 93.5 cm³/mol. The molecule has 128 valence electrons. The minimum absolute atomic E-state index is 0.256. The molecule has 0 aliphatic carbocycles. The van der Waals surface area contributed by atoms with E-state index in [2.05, 4.69) is 31.9 Å². The Morgan fingerprint density at radius 2 is 1.57 bits per heavy atom. The number of nitrogens with one attached hydrogen (secondary N) is 3. The van der Waals surface area contributed by atoms with Gasteiger partial charge < -0.3 is 20.7 Å². The Balaban J connectivity index is 2.08. The van der Waals surface area contributed by atoms with Crippen LogP contribution >= 0.6 is 15.9 Å². The number of hydrogen-bond donors (Lipinski definition) is 3. The average molecular weight is 386 g/mol. The zero-order valence-electron chi connectivity index (χ0n) is 13.7. The second kappa shape index (κ2) is 9.39. The number of carbonyl (C=O) groups is 2. The van der Waals surface area contributed by atoms with Crippen LogP contribution in [-0.4, -0.2) is 37.4 Å². The Kier molecular flexibility index (Phi) is 7.88. The van der Waals surface area contributed by atoms with Crippen molar-refractivity contribution in [1.29, 1.82) is 0 Å². The van der Waals surface area contributed by atoms with Gasteiger partial charge in [-0.2, -0.15) is 0 Å². The molecule has 0 aliphatic heterocycles. The number of benzene rings is 1. The van der Waals surface area contributed by atoms with E-state index in [1.54, 1.807) is 20.8 Å². The number of ether oxygens (including phenoxy) is 1. The SMILES string of the molecule is CC(C)(C)OC(=O)NCCNC(=O)NCCc1ccc(Br)cc1. The van der Waals surface area contributed by atoms with E-state index >= 15 is 0 Å². The molecule has 3 N–H and O–H groups in total. The lowest BCUT2D eigenvalue weighted by molar-refractivity contribution is 0.0528. The molecule has 1 rings (SSSR count). The first-order valence-corrected chi connectivity index (χ1v) is 8.28. The van der Waals surface area contributed by atoms with E-state index in [-0.39, 0.29) is 6.03 Å². The van der Waals surface area contributed by atoms with Crippen LogP contribution < -0.4 is 16.0 Å². The lowest BCUT2D eigenvalue weighted by Gasteiger charge is -2.19. The van der Waals surface area contributed by atoms with Crippen LogP contribution in [-0.2, 0) is 11.2 Å². The Hall–Kier alpha value is -1.76. The highest BCUT2D eigenvalue weighted by atomic mass is 79.9. The smallest absolute Gasteiger partial charge is 0.407 e. The third kappa shape index (κ3) is 9.78. The van der Waals surface area contributed by atoms with Crippen molar-refractivity contribution < 1.29 is 14.3 Å². The maximum Gasteiger partial charge on any atom is 0.407 e. The Labute approximate surface area is 145 Å². The standard InChI is InChI=1S/C16H24BrN3O3/c1-16(2,3)23-15(22)20-11-10-19-14(21)18-9-8-12-4-6-13(17)7-5-12/h4-7H,8-11H2,1-3H3,(H,20,22)(H2,18,19,21). The van der Waals surface area contributed by atoms with Crippen LogP contribution in [0.3, 0.4) is 0 Å². The number of carbonyl (C=O) groups excluding carboxylic acids is 2. The van der Waals surface area contributed by atoms with Crippen molar-refractivity contribution in [2.45, 2.75) is 32.8 Å². The molecule has 0 spiro atoms. The summed E-state index contributed by atoms with van der Waals surface area (Å²) in [5.41, 5.74) is 0.627. The van der Waals surface area contributed by atoms with E-state index in [4.69, 9.17) is 4.74 Å². The van der Waals surface area contributed by atoms with Gasteiger partial charge in [-0.3, -0.25) is 0 Å². The van der Waals surface area contributed by atoms with Gasteiger partial charge in [0.15, 0.2) is 0 Å². The average Bonchev–Trinajstić information content (AvgIpc) is 2.44. The summed E-state index contributed by atoms with van der Waals surface area (Å²) >= 11 is 3.38. The number of hydrogen-bond acceptors (Lipinski definition) is 3. The van der Waals surface area contributed by atoms with Crippen molar-refractivity contribution >= 4 is 28.1 Å². The molecule has 0 atom stereocenters. The first kappa shape index (κ1) is 19.3. The molecule has 0 saturated heterocycles. The Bertz CT molecular complexity index is 512. The minimum Gasteiger partial charge on any atom is -0.444 e. The summed E-state index contributed by atoms with van der Waals surface area (Å²) in [6.07, 6.45) is 0.270. The fourth-order valence-electron chi connectivity index (χ4n) is 1.69. The van der Waals surface area contributed by atoms with E-state index in [1.165, 1.54) is 0 Å². The summed E-state index contributed by atoms with van der Waals surface area (Å²) < 4.78 is 6.12. The van der Waals surface area contributed by atoms with Crippen molar-refractivity contribution in [1.82, 2.24) is 16.0 Å². The quantitative estimate of drug-likeness (QED) is 0.658. The van der Waals surface area contributed by atoms with Crippen LogP contribution in [0.1, 0.15) is 26.3 Å². The lowest BCUT2D eigenvalue weighted by atomic mass is 10.1. The molecule has 6 nitrogen and oxygen atoms in total.